The van der Waals surface area contributed by atoms with Crippen LogP contribution in [0.4, 0.5) is 4.79 Å². The van der Waals surface area contributed by atoms with Crippen molar-refractivity contribution in [2.45, 2.75) is 83.4 Å². The molecule has 0 N–H and O–H groups in total. The molecule has 0 aliphatic carbocycles. The minimum atomic E-state index is -0.435. The van der Waals surface area contributed by atoms with Crippen LogP contribution >= 0.6 is 0 Å². The van der Waals surface area contributed by atoms with Gasteiger partial charge in [-0.2, -0.15) is 0 Å². The van der Waals surface area contributed by atoms with Gasteiger partial charge in [-0.15, -0.1) is 0 Å². The fourth-order valence-electron chi connectivity index (χ4n) is 4.29. The molecule has 3 aliphatic heterocycles. The molecule has 2 amide bonds. The Balaban J connectivity index is 1.46. The van der Waals surface area contributed by atoms with Crippen molar-refractivity contribution < 1.29 is 19.2 Å². The van der Waals surface area contributed by atoms with E-state index >= 15 is 0 Å². The van der Waals surface area contributed by atoms with Crippen LogP contribution in [0.1, 0.15) is 65.7 Å². The third kappa shape index (κ3) is 4.02. The van der Waals surface area contributed by atoms with Gasteiger partial charge in [-0.25, -0.2) is 9.86 Å². The summed E-state index contributed by atoms with van der Waals surface area (Å²) in [7, 11) is 0. The molecule has 2 atom stereocenters. The summed E-state index contributed by atoms with van der Waals surface area (Å²) in [5.41, 5.74) is -0.435. The third-order valence-corrected chi connectivity index (χ3v) is 5.25. The van der Waals surface area contributed by atoms with Gasteiger partial charge in [-0.1, -0.05) is 0 Å². The van der Waals surface area contributed by atoms with Crippen molar-refractivity contribution in [3.8, 4) is 0 Å². The van der Waals surface area contributed by atoms with E-state index in [-0.39, 0.29) is 12.0 Å². The minimum Gasteiger partial charge on any atom is -0.444 e. The van der Waals surface area contributed by atoms with Gasteiger partial charge < -0.3 is 9.64 Å². The zero-order valence-corrected chi connectivity index (χ0v) is 15.1. The van der Waals surface area contributed by atoms with Gasteiger partial charge in [0.25, 0.3) is 0 Å². The largest absolute Gasteiger partial charge is 0.444 e. The molecule has 0 radical (unpaired) electrons. The van der Waals surface area contributed by atoms with Crippen molar-refractivity contribution in [3.05, 3.63) is 0 Å². The van der Waals surface area contributed by atoms with Crippen LogP contribution in [0.15, 0.2) is 0 Å². The zero-order valence-electron chi connectivity index (χ0n) is 15.1. The molecule has 2 unspecified atom stereocenters. The SMILES string of the molecule is CC(C)(C)OC(=O)N1C2CCC1CC(CCCN1OCCC1=O)C2. The van der Waals surface area contributed by atoms with Crippen LogP contribution in [0, 0.1) is 5.92 Å². The highest BCUT2D eigenvalue weighted by Crippen LogP contribution is 2.41. The molecular formula is C18H30N2O4. The van der Waals surface area contributed by atoms with Gasteiger partial charge in [-0.05, 0) is 65.2 Å². The van der Waals surface area contributed by atoms with E-state index in [1.165, 1.54) is 5.06 Å². The number of piperidine rings is 1. The van der Waals surface area contributed by atoms with Gasteiger partial charge in [0.2, 0.25) is 5.91 Å². The Morgan fingerprint density at radius 3 is 2.46 bits per heavy atom. The first-order chi connectivity index (χ1) is 11.3. The quantitative estimate of drug-likeness (QED) is 0.790. The summed E-state index contributed by atoms with van der Waals surface area (Å²) >= 11 is 0. The maximum Gasteiger partial charge on any atom is 0.410 e. The normalized spacial score (nSPS) is 30.1. The maximum absolute atomic E-state index is 12.4. The molecule has 24 heavy (non-hydrogen) atoms. The standard InChI is InChI=1S/C18H30N2O4/c1-18(2,3)24-17(22)20-14-6-7-15(20)12-13(11-14)5-4-9-19-16(21)8-10-23-19/h13-15H,4-12H2,1-3H3. The first-order valence-corrected chi connectivity index (χ1v) is 9.28. The Hall–Kier alpha value is -1.30. The van der Waals surface area contributed by atoms with Gasteiger partial charge in [0.1, 0.15) is 5.60 Å². The van der Waals surface area contributed by atoms with Crippen molar-refractivity contribution in [1.82, 2.24) is 9.96 Å². The molecule has 3 saturated heterocycles. The van der Waals surface area contributed by atoms with Gasteiger partial charge in [0.15, 0.2) is 0 Å². The number of ether oxygens (including phenoxy) is 1. The highest BCUT2D eigenvalue weighted by Gasteiger charge is 2.44. The maximum atomic E-state index is 12.4. The summed E-state index contributed by atoms with van der Waals surface area (Å²) in [6, 6.07) is 0.654. The van der Waals surface area contributed by atoms with Crippen molar-refractivity contribution in [3.63, 3.8) is 0 Å². The van der Waals surface area contributed by atoms with Gasteiger partial charge in [-0.3, -0.25) is 9.63 Å². The number of hydrogen-bond acceptors (Lipinski definition) is 4. The van der Waals surface area contributed by atoms with Crippen LogP contribution in [0.2, 0.25) is 0 Å². The van der Waals surface area contributed by atoms with Crippen LogP contribution < -0.4 is 0 Å². The molecule has 6 heteroatoms. The monoisotopic (exact) mass is 338 g/mol. The number of rotatable bonds is 4. The lowest BCUT2D eigenvalue weighted by molar-refractivity contribution is -0.162. The molecule has 0 aromatic rings. The van der Waals surface area contributed by atoms with Crippen molar-refractivity contribution in [2.24, 2.45) is 5.92 Å². The predicted molar refractivity (Wildman–Crippen MR) is 89.1 cm³/mol. The van der Waals surface area contributed by atoms with Crippen LogP contribution in [-0.4, -0.2) is 52.8 Å². The fourth-order valence-corrected chi connectivity index (χ4v) is 4.29. The Labute approximate surface area is 144 Å². The van der Waals surface area contributed by atoms with Crippen molar-refractivity contribution in [1.29, 1.82) is 0 Å². The number of amides is 2. The highest BCUT2D eigenvalue weighted by atomic mass is 16.7. The van der Waals surface area contributed by atoms with Crippen molar-refractivity contribution >= 4 is 12.0 Å². The highest BCUT2D eigenvalue weighted by molar-refractivity contribution is 5.76. The molecule has 6 nitrogen and oxygen atoms in total. The topological polar surface area (TPSA) is 59.1 Å². The van der Waals surface area contributed by atoms with Crippen LogP contribution in [0.25, 0.3) is 0 Å². The van der Waals surface area contributed by atoms with Crippen LogP contribution in [0.3, 0.4) is 0 Å². The summed E-state index contributed by atoms with van der Waals surface area (Å²) in [5, 5.41) is 1.52. The second kappa shape index (κ2) is 6.90. The first-order valence-electron chi connectivity index (χ1n) is 9.28. The smallest absolute Gasteiger partial charge is 0.410 e. The average Bonchev–Trinajstić information content (AvgIpc) is 2.99. The molecule has 2 bridgehead atoms. The fraction of sp³-hybridized carbons (Fsp3) is 0.889. The molecule has 3 aliphatic rings. The number of carbonyl (C=O) groups is 2. The molecule has 0 aromatic carbocycles. The van der Waals surface area contributed by atoms with Crippen LogP contribution in [0.5, 0.6) is 0 Å². The van der Waals surface area contributed by atoms with E-state index in [0.29, 0.717) is 37.6 Å². The van der Waals surface area contributed by atoms with Gasteiger partial charge >= 0.3 is 6.09 Å². The van der Waals surface area contributed by atoms with Gasteiger partial charge in [0.05, 0.1) is 13.0 Å². The minimum absolute atomic E-state index is 0.106. The van der Waals surface area contributed by atoms with E-state index in [9.17, 15) is 9.59 Å². The number of fused-ring (bicyclic) bond motifs is 2. The Morgan fingerprint density at radius 1 is 1.25 bits per heavy atom. The summed E-state index contributed by atoms with van der Waals surface area (Å²) < 4.78 is 5.58. The zero-order chi connectivity index (χ0) is 17.3. The third-order valence-electron chi connectivity index (χ3n) is 5.25. The van der Waals surface area contributed by atoms with E-state index < -0.39 is 5.60 Å². The second-order valence-corrected chi connectivity index (χ2v) is 8.33. The number of hydroxylamine groups is 2. The molecular weight excluding hydrogens is 308 g/mol. The summed E-state index contributed by atoms with van der Waals surface area (Å²) in [6.45, 7) is 6.97. The van der Waals surface area contributed by atoms with E-state index in [1.807, 2.05) is 25.7 Å². The number of carbonyl (C=O) groups excluding carboxylic acids is 2. The molecule has 3 rings (SSSR count). The molecule has 3 fully saturated rings. The second-order valence-electron chi connectivity index (χ2n) is 8.33. The Morgan fingerprint density at radius 2 is 1.92 bits per heavy atom. The van der Waals surface area contributed by atoms with E-state index in [2.05, 4.69) is 0 Å². The number of nitrogens with zero attached hydrogens (tertiary/aromatic N) is 2. The summed E-state index contributed by atoms with van der Waals surface area (Å²) in [4.78, 5) is 31.3. The van der Waals surface area contributed by atoms with E-state index in [1.54, 1.807) is 0 Å². The lowest BCUT2D eigenvalue weighted by atomic mass is 9.87. The first kappa shape index (κ1) is 17.5. The van der Waals surface area contributed by atoms with E-state index in [4.69, 9.17) is 9.57 Å². The lowest BCUT2D eigenvalue weighted by Gasteiger charge is -2.39. The van der Waals surface area contributed by atoms with Crippen LogP contribution in [-0.2, 0) is 14.4 Å². The summed E-state index contributed by atoms with van der Waals surface area (Å²) in [5.74, 6) is 0.744. The Kier molecular flexibility index (Phi) is 5.04. The molecule has 0 saturated carbocycles. The lowest BCUT2D eigenvalue weighted by Crippen LogP contribution is -2.48. The van der Waals surface area contributed by atoms with E-state index in [0.717, 1.165) is 38.5 Å². The summed E-state index contributed by atoms with van der Waals surface area (Å²) in [6.07, 6.45) is 6.74. The molecule has 3 heterocycles. The molecule has 136 valence electrons. The van der Waals surface area contributed by atoms with Crippen molar-refractivity contribution in [2.75, 3.05) is 13.2 Å². The predicted octanol–water partition coefficient (Wildman–Crippen LogP) is 3.11. The number of hydrogen-bond donors (Lipinski definition) is 0. The average molecular weight is 338 g/mol. The molecule has 0 spiro atoms. The Bertz CT molecular complexity index is 474. The molecule has 0 aromatic heterocycles. The van der Waals surface area contributed by atoms with Gasteiger partial charge in [0, 0.05) is 18.6 Å².